The van der Waals surface area contributed by atoms with E-state index in [0.29, 0.717) is 5.78 Å². The van der Waals surface area contributed by atoms with Crippen LogP contribution < -0.4 is 5.32 Å². The molecule has 2 aliphatic rings. The second-order valence-electron chi connectivity index (χ2n) is 4.80. The summed E-state index contributed by atoms with van der Waals surface area (Å²) >= 11 is 0. The van der Waals surface area contributed by atoms with E-state index in [1.54, 1.807) is 0 Å². The molecule has 1 heterocycles. The standard InChI is InChI=1S/C12H21NO/c14-12(8-7-10-5-6-10)11-4-2-1-3-9-13-11/h10-11,13H,1-9H2. The third-order valence-corrected chi connectivity index (χ3v) is 3.44. The summed E-state index contributed by atoms with van der Waals surface area (Å²) in [5.41, 5.74) is 0. The Hall–Kier alpha value is -0.370. The predicted molar refractivity (Wildman–Crippen MR) is 57.2 cm³/mol. The smallest absolute Gasteiger partial charge is 0.149 e. The lowest BCUT2D eigenvalue weighted by atomic mass is 10.0. The molecule has 1 aliphatic carbocycles. The highest BCUT2D eigenvalue weighted by Gasteiger charge is 2.24. The highest BCUT2D eigenvalue weighted by Crippen LogP contribution is 2.33. The van der Waals surface area contributed by atoms with E-state index in [1.807, 2.05) is 0 Å². The molecule has 14 heavy (non-hydrogen) atoms. The van der Waals surface area contributed by atoms with Crippen LogP contribution in [0.2, 0.25) is 0 Å². The molecule has 1 N–H and O–H groups in total. The van der Waals surface area contributed by atoms with Gasteiger partial charge in [0.1, 0.15) is 5.78 Å². The van der Waals surface area contributed by atoms with Crippen LogP contribution in [-0.2, 0) is 4.79 Å². The minimum absolute atomic E-state index is 0.191. The van der Waals surface area contributed by atoms with Crippen molar-refractivity contribution in [3.05, 3.63) is 0 Å². The van der Waals surface area contributed by atoms with Crippen LogP contribution in [0.25, 0.3) is 0 Å². The van der Waals surface area contributed by atoms with E-state index in [4.69, 9.17) is 0 Å². The maximum atomic E-state index is 11.8. The molecule has 0 aromatic heterocycles. The molecule has 2 nitrogen and oxygen atoms in total. The van der Waals surface area contributed by atoms with E-state index in [2.05, 4.69) is 5.32 Å². The lowest BCUT2D eigenvalue weighted by Gasteiger charge is -2.13. The van der Waals surface area contributed by atoms with Gasteiger partial charge < -0.3 is 5.32 Å². The van der Waals surface area contributed by atoms with Gasteiger partial charge in [-0.05, 0) is 31.7 Å². The van der Waals surface area contributed by atoms with Crippen molar-refractivity contribution >= 4 is 5.78 Å². The van der Waals surface area contributed by atoms with Crippen molar-refractivity contribution in [2.75, 3.05) is 6.54 Å². The predicted octanol–water partition coefficient (Wildman–Crippen LogP) is 2.28. The average Bonchev–Trinajstić information content (AvgIpc) is 3.01. The molecule has 1 saturated carbocycles. The first-order valence-corrected chi connectivity index (χ1v) is 6.12. The molecule has 0 radical (unpaired) electrons. The summed E-state index contributed by atoms with van der Waals surface area (Å²) in [5, 5.41) is 3.38. The Kier molecular flexibility index (Phi) is 3.57. The quantitative estimate of drug-likeness (QED) is 0.745. The van der Waals surface area contributed by atoms with Crippen LogP contribution in [0.5, 0.6) is 0 Å². The van der Waals surface area contributed by atoms with Gasteiger partial charge in [-0.2, -0.15) is 0 Å². The van der Waals surface area contributed by atoms with Crippen LogP contribution in [0.4, 0.5) is 0 Å². The normalized spacial score (nSPS) is 28.4. The SMILES string of the molecule is O=C(CCC1CC1)C1CCCCCN1. The number of ketones is 1. The van der Waals surface area contributed by atoms with Gasteiger partial charge in [0.2, 0.25) is 0 Å². The number of hydrogen-bond donors (Lipinski definition) is 1. The number of Topliss-reactive ketones (excluding diaryl/α,β-unsaturated/α-hetero) is 1. The van der Waals surface area contributed by atoms with Crippen LogP contribution in [-0.4, -0.2) is 18.4 Å². The number of hydrogen-bond acceptors (Lipinski definition) is 2. The van der Waals surface area contributed by atoms with E-state index >= 15 is 0 Å². The van der Waals surface area contributed by atoms with Gasteiger partial charge in [-0.25, -0.2) is 0 Å². The van der Waals surface area contributed by atoms with Gasteiger partial charge >= 0.3 is 0 Å². The van der Waals surface area contributed by atoms with Crippen molar-refractivity contribution in [1.29, 1.82) is 0 Å². The second-order valence-corrected chi connectivity index (χ2v) is 4.80. The third-order valence-electron chi connectivity index (χ3n) is 3.44. The van der Waals surface area contributed by atoms with E-state index < -0.39 is 0 Å². The summed E-state index contributed by atoms with van der Waals surface area (Å²) in [5.74, 6) is 1.36. The van der Waals surface area contributed by atoms with Crippen LogP contribution in [0.1, 0.15) is 51.4 Å². The first kappa shape index (κ1) is 10.2. The van der Waals surface area contributed by atoms with E-state index in [-0.39, 0.29) is 6.04 Å². The molecule has 2 heteroatoms. The van der Waals surface area contributed by atoms with Crippen LogP contribution >= 0.6 is 0 Å². The zero-order valence-electron chi connectivity index (χ0n) is 8.93. The Bertz CT molecular complexity index is 190. The molecule has 0 bridgehead atoms. The Morgan fingerprint density at radius 1 is 1.14 bits per heavy atom. The fraction of sp³-hybridized carbons (Fsp3) is 0.917. The van der Waals surface area contributed by atoms with Crippen molar-refractivity contribution in [3.63, 3.8) is 0 Å². The highest BCUT2D eigenvalue weighted by molar-refractivity contribution is 5.84. The van der Waals surface area contributed by atoms with E-state index in [9.17, 15) is 4.79 Å². The molecule has 2 rings (SSSR count). The molecule has 1 unspecified atom stereocenters. The lowest BCUT2D eigenvalue weighted by Crippen LogP contribution is -2.35. The Balaban J connectivity index is 1.70. The Labute approximate surface area is 86.5 Å². The molecule has 0 aromatic carbocycles. The van der Waals surface area contributed by atoms with Gasteiger partial charge in [0.15, 0.2) is 0 Å². The zero-order chi connectivity index (χ0) is 9.80. The summed E-state index contributed by atoms with van der Waals surface area (Å²) in [6.45, 7) is 1.04. The van der Waals surface area contributed by atoms with Gasteiger partial charge in [-0.15, -0.1) is 0 Å². The first-order chi connectivity index (χ1) is 6.86. The van der Waals surface area contributed by atoms with E-state index in [0.717, 1.165) is 31.7 Å². The molecule has 0 aromatic rings. The maximum absolute atomic E-state index is 11.8. The first-order valence-electron chi connectivity index (χ1n) is 6.12. The van der Waals surface area contributed by atoms with Crippen molar-refractivity contribution < 1.29 is 4.79 Å². The largest absolute Gasteiger partial charge is 0.307 e. The molecule has 1 atom stereocenters. The van der Waals surface area contributed by atoms with Crippen molar-refractivity contribution in [2.45, 2.75) is 57.4 Å². The van der Waals surface area contributed by atoms with Gasteiger partial charge in [-0.1, -0.05) is 25.7 Å². The molecule has 80 valence electrons. The summed E-state index contributed by atoms with van der Waals surface area (Å²) in [7, 11) is 0. The van der Waals surface area contributed by atoms with Crippen LogP contribution in [0.3, 0.4) is 0 Å². The average molecular weight is 195 g/mol. The molecule has 1 aliphatic heterocycles. The molecular formula is C12H21NO. The fourth-order valence-corrected chi connectivity index (χ4v) is 2.23. The van der Waals surface area contributed by atoms with Crippen molar-refractivity contribution in [3.8, 4) is 0 Å². The summed E-state index contributed by atoms with van der Waals surface area (Å²) in [4.78, 5) is 11.8. The third kappa shape index (κ3) is 3.09. The molecule has 1 saturated heterocycles. The van der Waals surface area contributed by atoms with Gasteiger partial charge in [0.05, 0.1) is 6.04 Å². The molecule has 0 spiro atoms. The van der Waals surface area contributed by atoms with Crippen molar-refractivity contribution in [2.24, 2.45) is 5.92 Å². The van der Waals surface area contributed by atoms with E-state index in [1.165, 1.54) is 32.1 Å². The fourth-order valence-electron chi connectivity index (χ4n) is 2.23. The minimum Gasteiger partial charge on any atom is -0.307 e. The summed E-state index contributed by atoms with van der Waals surface area (Å²) < 4.78 is 0. The lowest BCUT2D eigenvalue weighted by molar-refractivity contribution is -0.121. The molecule has 2 fully saturated rings. The van der Waals surface area contributed by atoms with Gasteiger partial charge in [-0.3, -0.25) is 4.79 Å². The van der Waals surface area contributed by atoms with Crippen LogP contribution in [0, 0.1) is 5.92 Å². The van der Waals surface area contributed by atoms with Crippen molar-refractivity contribution in [1.82, 2.24) is 5.32 Å². The maximum Gasteiger partial charge on any atom is 0.149 e. The monoisotopic (exact) mass is 195 g/mol. The van der Waals surface area contributed by atoms with Crippen LogP contribution in [0.15, 0.2) is 0 Å². The summed E-state index contributed by atoms with van der Waals surface area (Å²) in [6, 6.07) is 0.191. The zero-order valence-corrected chi connectivity index (χ0v) is 8.93. The number of carbonyl (C=O) groups is 1. The van der Waals surface area contributed by atoms with Gasteiger partial charge in [0, 0.05) is 6.42 Å². The Morgan fingerprint density at radius 2 is 2.00 bits per heavy atom. The second kappa shape index (κ2) is 4.92. The Morgan fingerprint density at radius 3 is 2.79 bits per heavy atom. The number of carbonyl (C=O) groups excluding carboxylic acids is 1. The number of rotatable bonds is 4. The molecular weight excluding hydrogens is 174 g/mol. The summed E-state index contributed by atoms with van der Waals surface area (Å²) in [6.07, 6.45) is 9.54. The highest BCUT2D eigenvalue weighted by atomic mass is 16.1. The number of nitrogens with one attached hydrogen (secondary N) is 1. The topological polar surface area (TPSA) is 29.1 Å². The minimum atomic E-state index is 0.191. The molecule has 0 amide bonds. The van der Waals surface area contributed by atoms with Gasteiger partial charge in [0.25, 0.3) is 0 Å².